The molecule has 3 N–H and O–H groups in total. The van der Waals surface area contributed by atoms with E-state index in [4.69, 9.17) is 15.2 Å². The van der Waals surface area contributed by atoms with Gasteiger partial charge in [-0.2, -0.15) is 0 Å². The fourth-order valence-electron chi connectivity index (χ4n) is 3.11. The lowest BCUT2D eigenvalue weighted by Crippen LogP contribution is -2.35. The zero-order valence-corrected chi connectivity index (χ0v) is 15.5. The number of methoxy groups -OCH3 is 1. The number of amides is 1. The number of ether oxygens (including phenoxy) is 2. The molecule has 136 valence electrons. The van der Waals surface area contributed by atoms with E-state index < -0.39 is 6.10 Å². The zero-order chi connectivity index (χ0) is 16.8. The Labute approximate surface area is 150 Å². The van der Waals surface area contributed by atoms with Gasteiger partial charge in [0.15, 0.2) is 0 Å². The standard InChI is InChI=1S/C18H28N2O3.ClH/c1-4-16(23-14-7-5-6-12(2)10-14)18(21)20-13-8-9-17(22-3)15(19)11-13;/h8-9,11-12,14,16H,4-7,10,19H2,1-3H3,(H,20,21);1H. The van der Waals surface area contributed by atoms with Gasteiger partial charge in [-0.05, 0) is 43.4 Å². The predicted molar refractivity (Wildman–Crippen MR) is 99.9 cm³/mol. The summed E-state index contributed by atoms with van der Waals surface area (Å²) in [6, 6.07) is 5.23. The molecule has 0 saturated heterocycles. The average molecular weight is 357 g/mol. The summed E-state index contributed by atoms with van der Waals surface area (Å²) in [5.74, 6) is 1.16. The molecule has 1 amide bonds. The van der Waals surface area contributed by atoms with E-state index in [2.05, 4.69) is 12.2 Å². The number of benzene rings is 1. The van der Waals surface area contributed by atoms with E-state index in [-0.39, 0.29) is 24.4 Å². The smallest absolute Gasteiger partial charge is 0.253 e. The lowest BCUT2D eigenvalue weighted by molar-refractivity contribution is -0.133. The molecule has 2 rings (SSSR count). The Balaban J connectivity index is 0.00000288. The van der Waals surface area contributed by atoms with Crippen LogP contribution in [0.2, 0.25) is 0 Å². The Morgan fingerprint density at radius 3 is 2.75 bits per heavy atom. The van der Waals surface area contributed by atoms with Crippen molar-refractivity contribution in [2.75, 3.05) is 18.2 Å². The molecule has 0 aromatic heterocycles. The van der Waals surface area contributed by atoms with Crippen LogP contribution in [-0.4, -0.2) is 25.2 Å². The summed E-state index contributed by atoms with van der Waals surface area (Å²) in [7, 11) is 1.57. The molecule has 1 saturated carbocycles. The number of rotatable bonds is 6. The van der Waals surface area contributed by atoms with E-state index in [0.29, 0.717) is 29.5 Å². The molecule has 0 spiro atoms. The van der Waals surface area contributed by atoms with E-state index >= 15 is 0 Å². The zero-order valence-electron chi connectivity index (χ0n) is 14.7. The number of nitrogen functional groups attached to an aromatic ring is 1. The second kappa shape index (κ2) is 9.74. The molecule has 5 nitrogen and oxygen atoms in total. The normalized spacial score (nSPS) is 21.5. The number of anilines is 2. The quantitative estimate of drug-likeness (QED) is 0.755. The van der Waals surface area contributed by atoms with Crippen LogP contribution in [0.3, 0.4) is 0 Å². The van der Waals surface area contributed by atoms with Crippen LogP contribution in [0, 0.1) is 5.92 Å². The fraction of sp³-hybridized carbons (Fsp3) is 0.611. The molecule has 3 atom stereocenters. The van der Waals surface area contributed by atoms with Crippen LogP contribution >= 0.6 is 12.4 Å². The van der Waals surface area contributed by atoms with Gasteiger partial charge >= 0.3 is 0 Å². The van der Waals surface area contributed by atoms with Gasteiger partial charge in [-0.1, -0.05) is 26.7 Å². The van der Waals surface area contributed by atoms with Crippen LogP contribution in [0.25, 0.3) is 0 Å². The maximum absolute atomic E-state index is 12.5. The minimum Gasteiger partial charge on any atom is -0.495 e. The largest absolute Gasteiger partial charge is 0.495 e. The van der Waals surface area contributed by atoms with Crippen molar-refractivity contribution < 1.29 is 14.3 Å². The fourth-order valence-corrected chi connectivity index (χ4v) is 3.11. The van der Waals surface area contributed by atoms with Crippen LogP contribution in [-0.2, 0) is 9.53 Å². The van der Waals surface area contributed by atoms with E-state index in [1.165, 1.54) is 12.8 Å². The molecule has 1 fully saturated rings. The highest BCUT2D eigenvalue weighted by Crippen LogP contribution is 2.28. The monoisotopic (exact) mass is 356 g/mol. The van der Waals surface area contributed by atoms with Crippen molar-refractivity contribution in [2.45, 2.75) is 58.2 Å². The van der Waals surface area contributed by atoms with Crippen molar-refractivity contribution in [1.29, 1.82) is 0 Å². The average Bonchev–Trinajstić information content (AvgIpc) is 2.52. The summed E-state index contributed by atoms with van der Waals surface area (Å²) >= 11 is 0. The third-order valence-electron chi connectivity index (χ3n) is 4.41. The van der Waals surface area contributed by atoms with Gasteiger partial charge in [0.25, 0.3) is 5.91 Å². The van der Waals surface area contributed by atoms with Gasteiger partial charge < -0.3 is 20.5 Å². The highest BCUT2D eigenvalue weighted by molar-refractivity contribution is 5.94. The summed E-state index contributed by atoms with van der Waals surface area (Å²) in [5.41, 5.74) is 7.03. The van der Waals surface area contributed by atoms with Gasteiger partial charge in [0.2, 0.25) is 0 Å². The number of hydrogen-bond acceptors (Lipinski definition) is 4. The topological polar surface area (TPSA) is 73.6 Å². The Bertz CT molecular complexity index is 539. The number of nitrogens with two attached hydrogens (primary N) is 1. The van der Waals surface area contributed by atoms with Gasteiger partial charge in [0, 0.05) is 5.69 Å². The number of hydrogen-bond donors (Lipinski definition) is 2. The summed E-state index contributed by atoms with van der Waals surface area (Å²) < 4.78 is 11.2. The van der Waals surface area contributed by atoms with Crippen LogP contribution in [0.5, 0.6) is 5.75 Å². The maximum Gasteiger partial charge on any atom is 0.253 e. The van der Waals surface area contributed by atoms with E-state index in [1.807, 2.05) is 6.92 Å². The molecular weight excluding hydrogens is 328 g/mol. The van der Waals surface area contributed by atoms with Gasteiger partial charge in [0.05, 0.1) is 18.9 Å². The van der Waals surface area contributed by atoms with Crippen molar-refractivity contribution >= 4 is 29.7 Å². The Morgan fingerprint density at radius 2 is 2.17 bits per heavy atom. The third-order valence-corrected chi connectivity index (χ3v) is 4.41. The Kier molecular flexibility index (Phi) is 8.36. The number of halogens is 1. The lowest BCUT2D eigenvalue weighted by atomic mass is 9.88. The van der Waals surface area contributed by atoms with Crippen molar-refractivity contribution in [3.8, 4) is 5.75 Å². The predicted octanol–water partition coefficient (Wildman–Crippen LogP) is 4.01. The van der Waals surface area contributed by atoms with Crippen LogP contribution in [0.4, 0.5) is 11.4 Å². The van der Waals surface area contributed by atoms with Crippen LogP contribution < -0.4 is 15.8 Å². The minimum atomic E-state index is -0.423. The molecule has 0 bridgehead atoms. The van der Waals surface area contributed by atoms with Crippen molar-refractivity contribution in [2.24, 2.45) is 5.92 Å². The first-order valence-electron chi connectivity index (χ1n) is 8.43. The molecule has 0 radical (unpaired) electrons. The molecule has 1 aliphatic carbocycles. The number of carbonyl (C=O) groups excluding carboxylic acids is 1. The Morgan fingerprint density at radius 1 is 1.42 bits per heavy atom. The second-order valence-electron chi connectivity index (χ2n) is 6.37. The molecular formula is C18H29ClN2O3. The van der Waals surface area contributed by atoms with E-state index in [1.54, 1.807) is 25.3 Å². The molecule has 1 aliphatic rings. The van der Waals surface area contributed by atoms with Crippen LogP contribution in [0.15, 0.2) is 18.2 Å². The first kappa shape index (κ1) is 20.6. The van der Waals surface area contributed by atoms with Gasteiger partial charge in [-0.3, -0.25) is 4.79 Å². The molecule has 6 heteroatoms. The summed E-state index contributed by atoms with van der Waals surface area (Å²) in [5, 5.41) is 2.89. The van der Waals surface area contributed by atoms with Gasteiger partial charge in [0.1, 0.15) is 11.9 Å². The maximum atomic E-state index is 12.5. The molecule has 3 unspecified atom stereocenters. The van der Waals surface area contributed by atoms with Crippen molar-refractivity contribution in [3.63, 3.8) is 0 Å². The highest BCUT2D eigenvalue weighted by atomic mass is 35.5. The van der Waals surface area contributed by atoms with Gasteiger partial charge in [-0.25, -0.2) is 0 Å². The molecule has 24 heavy (non-hydrogen) atoms. The first-order valence-corrected chi connectivity index (χ1v) is 8.43. The molecule has 1 aromatic rings. The molecule has 1 aromatic carbocycles. The van der Waals surface area contributed by atoms with E-state index in [9.17, 15) is 4.79 Å². The summed E-state index contributed by atoms with van der Waals surface area (Å²) in [6.45, 7) is 4.22. The number of nitrogens with one attached hydrogen (secondary N) is 1. The van der Waals surface area contributed by atoms with E-state index in [0.717, 1.165) is 12.8 Å². The summed E-state index contributed by atoms with van der Waals surface area (Å²) in [4.78, 5) is 12.5. The van der Waals surface area contributed by atoms with Crippen molar-refractivity contribution in [3.05, 3.63) is 18.2 Å². The van der Waals surface area contributed by atoms with Gasteiger partial charge in [-0.15, -0.1) is 12.4 Å². The third kappa shape index (κ3) is 5.56. The second-order valence-corrected chi connectivity index (χ2v) is 6.37. The lowest BCUT2D eigenvalue weighted by Gasteiger charge is -2.29. The SMILES string of the molecule is CCC(OC1CCCC(C)C1)C(=O)Nc1ccc(OC)c(N)c1.Cl. The van der Waals surface area contributed by atoms with Crippen LogP contribution in [0.1, 0.15) is 46.0 Å². The summed E-state index contributed by atoms with van der Waals surface area (Å²) in [6.07, 6.45) is 4.95. The molecule has 0 aliphatic heterocycles. The Hall–Kier alpha value is -1.46. The van der Waals surface area contributed by atoms with Crippen molar-refractivity contribution in [1.82, 2.24) is 0 Å². The molecule has 0 heterocycles. The first-order chi connectivity index (χ1) is 11.0. The highest BCUT2D eigenvalue weighted by Gasteiger charge is 2.25. The minimum absolute atomic E-state index is 0. The number of carbonyl (C=O) groups is 1.